The number of pyridine rings is 1. The Hall–Kier alpha value is -3.53. The van der Waals surface area contributed by atoms with Gasteiger partial charge < -0.3 is 9.47 Å². The molecule has 0 amide bonds. The lowest BCUT2D eigenvalue weighted by Crippen LogP contribution is -2.43. The molecule has 6 rings (SSSR count). The van der Waals surface area contributed by atoms with E-state index in [9.17, 15) is 17.6 Å². The molecule has 2 saturated heterocycles. The van der Waals surface area contributed by atoms with Crippen LogP contribution in [0.25, 0.3) is 32.9 Å². The molecule has 0 unspecified atom stereocenters. The van der Waals surface area contributed by atoms with Crippen LogP contribution in [0.4, 0.5) is 17.6 Å². The van der Waals surface area contributed by atoms with E-state index >= 15 is 0 Å². The maximum Gasteiger partial charge on any atom is 0.422 e. The van der Waals surface area contributed by atoms with Gasteiger partial charge in [-0.1, -0.05) is 30.3 Å². The minimum atomic E-state index is -4.55. The molecule has 0 saturated carbocycles. The summed E-state index contributed by atoms with van der Waals surface area (Å²) < 4.78 is 65.1. The summed E-state index contributed by atoms with van der Waals surface area (Å²) in [6.07, 6.45) is 0.986. The number of hydrogen-bond donors (Lipinski definition) is 0. The highest BCUT2D eigenvalue weighted by atomic mass is 19.4. The Bertz CT molecular complexity index is 1510. The number of hydrogen-bond acceptors (Lipinski definition) is 6. The van der Waals surface area contributed by atoms with Crippen molar-refractivity contribution < 1.29 is 27.0 Å². The van der Waals surface area contributed by atoms with Gasteiger partial charge in [-0.3, -0.25) is 9.88 Å². The number of alkyl halides is 3. The Morgan fingerprint density at radius 3 is 2.47 bits per heavy atom. The molecule has 0 aliphatic carbocycles. The minimum absolute atomic E-state index is 0.0489. The van der Waals surface area contributed by atoms with E-state index in [1.165, 1.54) is 12.3 Å². The van der Waals surface area contributed by atoms with Crippen LogP contribution in [0.5, 0.6) is 11.9 Å². The highest BCUT2D eigenvalue weighted by molar-refractivity contribution is 5.99. The Morgan fingerprint density at radius 2 is 1.74 bits per heavy atom. The summed E-state index contributed by atoms with van der Waals surface area (Å²) in [7, 11) is 0. The summed E-state index contributed by atoms with van der Waals surface area (Å²) in [4.78, 5) is 15.7. The number of aryl methyl sites for hydroxylation is 1. The largest absolute Gasteiger partial charge is 0.467 e. The third-order valence-corrected chi connectivity index (χ3v) is 7.69. The van der Waals surface area contributed by atoms with Gasteiger partial charge in [-0.15, -0.1) is 0 Å². The van der Waals surface area contributed by atoms with E-state index in [-0.39, 0.29) is 22.8 Å². The topological polar surface area (TPSA) is 60.4 Å². The van der Waals surface area contributed by atoms with Crippen molar-refractivity contribution in [3.05, 3.63) is 54.0 Å². The van der Waals surface area contributed by atoms with Gasteiger partial charge in [0.1, 0.15) is 12.4 Å². The lowest BCUT2D eigenvalue weighted by molar-refractivity contribution is -0.153. The molecule has 4 aromatic rings. The summed E-state index contributed by atoms with van der Waals surface area (Å²) >= 11 is 0. The molecule has 0 radical (unpaired) electrons. The molecule has 0 atom stereocenters. The summed E-state index contributed by atoms with van der Waals surface area (Å²) in [5.74, 6) is -0.641. The molecular formula is C28H26F4N4O2. The molecule has 38 heavy (non-hydrogen) atoms. The molecule has 2 fully saturated rings. The van der Waals surface area contributed by atoms with Crippen molar-refractivity contribution in [1.82, 2.24) is 19.9 Å². The first-order valence-electron chi connectivity index (χ1n) is 12.7. The van der Waals surface area contributed by atoms with Crippen LogP contribution in [0.3, 0.4) is 0 Å². The summed E-state index contributed by atoms with van der Waals surface area (Å²) in [5, 5.41) is 1.34. The SMILES string of the molecule is Cc1c(-c2cccc3cccc(F)c23)ncc2c(OCC(F)(F)F)nc(OCC34CCCN3CCC4)nc12. The van der Waals surface area contributed by atoms with Crippen LogP contribution in [0.2, 0.25) is 0 Å². The monoisotopic (exact) mass is 526 g/mol. The van der Waals surface area contributed by atoms with Crippen LogP contribution in [0, 0.1) is 12.7 Å². The number of nitrogens with zero attached hydrogens (tertiary/aromatic N) is 4. The summed E-state index contributed by atoms with van der Waals surface area (Å²) in [6.45, 7) is 2.62. The van der Waals surface area contributed by atoms with Gasteiger partial charge >= 0.3 is 12.2 Å². The molecule has 10 heteroatoms. The average molecular weight is 527 g/mol. The van der Waals surface area contributed by atoms with Crippen LogP contribution in [-0.4, -0.2) is 57.9 Å². The minimum Gasteiger partial charge on any atom is -0.467 e. The Labute approximate surface area is 216 Å². The van der Waals surface area contributed by atoms with Crippen molar-refractivity contribution in [2.75, 3.05) is 26.3 Å². The Kier molecular flexibility index (Phi) is 6.09. The fraction of sp³-hybridized carbons (Fsp3) is 0.393. The van der Waals surface area contributed by atoms with E-state index in [1.54, 1.807) is 19.1 Å². The second kappa shape index (κ2) is 9.34. The van der Waals surface area contributed by atoms with E-state index in [1.807, 2.05) is 18.2 Å². The fourth-order valence-electron chi connectivity index (χ4n) is 5.92. The zero-order valence-corrected chi connectivity index (χ0v) is 20.8. The molecule has 198 valence electrons. The van der Waals surface area contributed by atoms with Crippen LogP contribution in [0.15, 0.2) is 42.6 Å². The highest BCUT2D eigenvalue weighted by Gasteiger charge is 2.45. The van der Waals surface area contributed by atoms with Gasteiger partial charge in [-0.25, -0.2) is 4.39 Å². The van der Waals surface area contributed by atoms with Gasteiger partial charge in [0, 0.05) is 22.7 Å². The second-order valence-corrected chi connectivity index (χ2v) is 10.1. The van der Waals surface area contributed by atoms with Crippen LogP contribution >= 0.6 is 0 Å². The summed E-state index contributed by atoms with van der Waals surface area (Å²) in [6, 6.07) is 10.2. The quantitative estimate of drug-likeness (QED) is 0.277. The van der Waals surface area contributed by atoms with Gasteiger partial charge in [-0.2, -0.15) is 23.1 Å². The van der Waals surface area contributed by atoms with Crippen molar-refractivity contribution in [3.8, 4) is 23.1 Å². The van der Waals surface area contributed by atoms with Gasteiger partial charge in [-0.05, 0) is 57.1 Å². The normalized spacial score (nSPS) is 17.3. The van der Waals surface area contributed by atoms with Crippen LogP contribution in [0.1, 0.15) is 31.2 Å². The lowest BCUT2D eigenvalue weighted by Gasteiger charge is -2.31. The molecule has 0 spiro atoms. The Morgan fingerprint density at radius 1 is 1.00 bits per heavy atom. The molecule has 0 N–H and O–H groups in total. The van der Waals surface area contributed by atoms with Crippen molar-refractivity contribution in [2.24, 2.45) is 0 Å². The zero-order valence-electron chi connectivity index (χ0n) is 20.8. The lowest BCUT2D eigenvalue weighted by atomic mass is 9.95. The van der Waals surface area contributed by atoms with E-state index in [2.05, 4.69) is 19.9 Å². The van der Waals surface area contributed by atoms with Crippen molar-refractivity contribution >= 4 is 21.7 Å². The number of aromatic nitrogens is 3. The number of rotatable bonds is 6. The molecule has 2 aromatic heterocycles. The van der Waals surface area contributed by atoms with Gasteiger partial charge in [0.2, 0.25) is 5.88 Å². The number of halogens is 4. The predicted molar refractivity (Wildman–Crippen MR) is 135 cm³/mol. The van der Waals surface area contributed by atoms with Crippen molar-refractivity contribution in [2.45, 2.75) is 44.3 Å². The molecule has 2 aliphatic heterocycles. The third kappa shape index (κ3) is 4.40. The van der Waals surface area contributed by atoms with Crippen LogP contribution in [-0.2, 0) is 0 Å². The van der Waals surface area contributed by atoms with Gasteiger partial charge in [0.25, 0.3) is 0 Å². The first-order chi connectivity index (χ1) is 18.2. The zero-order chi connectivity index (χ0) is 26.5. The van der Waals surface area contributed by atoms with E-state index < -0.39 is 18.6 Å². The first-order valence-corrected chi connectivity index (χ1v) is 12.7. The predicted octanol–water partition coefficient (Wildman–Crippen LogP) is 6.24. The van der Waals surface area contributed by atoms with Gasteiger partial charge in [0.05, 0.1) is 22.1 Å². The van der Waals surface area contributed by atoms with E-state index in [0.29, 0.717) is 39.7 Å². The standard InChI is InChI=1S/C28H26F4N4O2/c1-17-23(19-8-2-6-18-7-3-9-21(29)22(18)19)33-14-20-24(17)34-26(35-25(20)37-16-28(30,31)32)38-15-27-10-4-12-36(27)13-5-11-27/h2-3,6-9,14H,4-5,10-13,15-16H2,1H3. The first kappa shape index (κ1) is 24.8. The maximum absolute atomic E-state index is 14.9. The van der Waals surface area contributed by atoms with Crippen molar-refractivity contribution in [3.63, 3.8) is 0 Å². The molecule has 2 aliphatic rings. The maximum atomic E-state index is 14.9. The van der Waals surface area contributed by atoms with Crippen LogP contribution < -0.4 is 9.47 Å². The molecular weight excluding hydrogens is 500 g/mol. The van der Waals surface area contributed by atoms with E-state index in [0.717, 1.165) is 38.8 Å². The number of fused-ring (bicyclic) bond motifs is 3. The van der Waals surface area contributed by atoms with E-state index in [4.69, 9.17) is 9.47 Å². The molecule has 4 heterocycles. The summed E-state index contributed by atoms with van der Waals surface area (Å²) in [5.41, 5.74) is 1.84. The smallest absolute Gasteiger partial charge is 0.422 e. The van der Waals surface area contributed by atoms with Crippen molar-refractivity contribution in [1.29, 1.82) is 0 Å². The molecule has 6 nitrogen and oxygen atoms in total. The second-order valence-electron chi connectivity index (χ2n) is 10.1. The Balaban J connectivity index is 1.45. The number of ether oxygens (including phenoxy) is 2. The average Bonchev–Trinajstić information content (AvgIpc) is 3.47. The molecule has 2 aromatic carbocycles. The molecule has 0 bridgehead atoms. The fourth-order valence-corrected chi connectivity index (χ4v) is 5.92. The highest BCUT2D eigenvalue weighted by Crippen LogP contribution is 2.40. The van der Waals surface area contributed by atoms with Gasteiger partial charge in [0.15, 0.2) is 6.61 Å². The number of benzene rings is 2. The third-order valence-electron chi connectivity index (χ3n) is 7.69.